The Kier molecular flexibility index (Phi) is 7.36. The number of halogens is 8. The fraction of sp³-hybridized carbons (Fsp3) is 0.227. The second-order valence-corrected chi connectivity index (χ2v) is 7.36. The number of nitrogens with zero attached hydrogens (tertiary/aromatic N) is 3. The van der Waals surface area contributed by atoms with Gasteiger partial charge in [0.15, 0.2) is 23.1 Å². The van der Waals surface area contributed by atoms with Crippen LogP contribution in [0.4, 0.5) is 46.6 Å². The first-order valence-electron chi connectivity index (χ1n) is 10.1. The number of alkyl halides is 6. The van der Waals surface area contributed by atoms with Crippen LogP contribution in [0.5, 0.6) is 0 Å². The Morgan fingerprint density at radius 2 is 1.69 bits per heavy atom. The lowest BCUT2D eigenvalue weighted by molar-refractivity contribution is -0.142. The summed E-state index contributed by atoms with van der Waals surface area (Å²) in [5, 5.41) is 8.06. The number of anilines is 1. The molecule has 1 amide bonds. The largest absolute Gasteiger partial charge is 0.435 e. The average molecular weight is 519 g/mol. The van der Waals surface area contributed by atoms with E-state index in [2.05, 4.69) is 20.7 Å². The van der Waals surface area contributed by atoms with Gasteiger partial charge in [-0.2, -0.15) is 36.4 Å². The maximum absolute atomic E-state index is 13.6. The molecule has 6 nitrogen and oxygen atoms in total. The van der Waals surface area contributed by atoms with Crippen LogP contribution in [0.2, 0.25) is 0 Å². The number of nitrogens with one attached hydrogen (secondary N) is 2. The first kappa shape index (κ1) is 26.6. The zero-order chi connectivity index (χ0) is 26.8. The summed E-state index contributed by atoms with van der Waals surface area (Å²) in [7, 11) is 0. The van der Waals surface area contributed by atoms with Crippen molar-refractivity contribution in [1.29, 1.82) is 0 Å². The zero-order valence-electron chi connectivity index (χ0n) is 18.5. The molecule has 0 saturated heterocycles. The fourth-order valence-electron chi connectivity index (χ4n) is 3.09. The van der Waals surface area contributed by atoms with Crippen molar-refractivity contribution in [3.8, 4) is 0 Å². The molecule has 0 unspecified atom stereocenters. The third kappa shape index (κ3) is 5.98. The van der Waals surface area contributed by atoms with E-state index in [-0.39, 0.29) is 23.6 Å². The molecule has 0 bridgehead atoms. The van der Waals surface area contributed by atoms with Crippen LogP contribution < -0.4 is 10.6 Å². The van der Waals surface area contributed by atoms with Crippen molar-refractivity contribution in [3.05, 3.63) is 76.5 Å². The molecule has 1 heterocycles. The summed E-state index contributed by atoms with van der Waals surface area (Å²) in [6.45, 7) is 2.50. The number of carbonyl (C=O) groups excluding carboxylic acids is 1. The van der Waals surface area contributed by atoms with Crippen LogP contribution in [-0.4, -0.2) is 21.6 Å². The molecule has 1 aromatic heterocycles. The molecule has 192 valence electrons. The SMILES string of the molecule is CCn1nc(C(F)(F)F)c(C)c1N=C(NC(=O)c1ccc(F)c(F)c1)Nc1cccc(C(F)(F)F)c1. The highest BCUT2D eigenvalue weighted by molar-refractivity contribution is 6.10. The third-order valence-electron chi connectivity index (χ3n) is 4.81. The first-order valence-corrected chi connectivity index (χ1v) is 10.1. The highest BCUT2D eigenvalue weighted by Gasteiger charge is 2.38. The van der Waals surface area contributed by atoms with Gasteiger partial charge in [0.05, 0.1) is 5.56 Å². The van der Waals surface area contributed by atoms with Crippen LogP contribution in [0.3, 0.4) is 0 Å². The Morgan fingerprint density at radius 1 is 1.00 bits per heavy atom. The van der Waals surface area contributed by atoms with Crippen molar-refractivity contribution in [3.63, 3.8) is 0 Å². The van der Waals surface area contributed by atoms with E-state index >= 15 is 0 Å². The van der Waals surface area contributed by atoms with E-state index in [9.17, 15) is 39.9 Å². The van der Waals surface area contributed by atoms with Gasteiger partial charge in [-0.25, -0.2) is 13.5 Å². The van der Waals surface area contributed by atoms with Gasteiger partial charge in [0.2, 0.25) is 5.96 Å². The number of aryl methyl sites for hydroxylation is 1. The van der Waals surface area contributed by atoms with Crippen molar-refractivity contribution in [2.75, 3.05) is 5.32 Å². The van der Waals surface area contributed by atoms with Crippen LogP contribution in [0.15, 0.2) is 47.5 Å². The van der Waals surface area contributed by atoms with Crippen molar-refractivity contribution in [2.45, 2.75) is 32.7 Å². The molecule has 0 radical (unpaired) electrons. The molecular formula is C22H17F8N5O. The van der Waals surface area contributed by atoms with Crippen molar-refractivity contribution < 1.29 is 39.9 Å². The Balaban J connectivity index is 2.08. The summed E-state index contributed by atoms with van der Waals surface area (Å²) in [6.07, 6.45) is -9.53. The second-order valence-electron chi connectivity index (χ2n) is 7.36. The minimum absolute atomic E-state index is 0.0658. The molecule has 3 aromatic rings. The number of aliphatic imine (C=N–C) groups is 1. The summed E-state index contributed by atoms with van der Waals surface area (Å²) in [6, 6.07) is 5.89. The van der Waals surface area contributed by atoms with Crippen LogP contribution in [0, 0.1) is 18.6 Å². The quantitative estimate of drug-likeness (QED) is 0.250. The zero-order valence-corrected chi connectivity index (χ0v) is 18.5. The number of hydrogen-bond acceptors (Lipinski definition) is 3. The van der Waals surface area contributed by atoms with Gasteiger partial charge in [-0.1, -0.05) is 6.07 Å². The predicted molar refractivity (Wildman–Crippen MR) is 114 cm³/mol. The van der Waals surface area contributed by atoms with Crippen LogP contribution in [-0.2, 0) is 18.9 Å². The van der Waals surface area contributed by atoms with Gasteiger partial charge in [-0.3, -0.25) is 10.1 Å². The summed E-state index contributed by atoms with van der Waals surface area (Å²) < 4.78 is 107. The van der Waals surface area contributed by atoms with Gasteiger partial charge in [0.1, 0.15) is 0 Å². The molecule has 3 rings (SSSR count). The summed E-state index contributed by atoms with van der Waals surface area (Å²) in [5.41, 5.74) is -3.30. The van der Waals surface area contributed by atoms with E-state index in [1.165, 1.54) is 13.0 Å². The minimum atomic E-state index is -4.82. The van der Waals surface area contributed by atoms with E-state index < -0.39 is 52.7 Å². The summed E-state index contributed by atoms with van der Waals surface area (Å²) in [5.74, 6) is -4.57. The molecule has 14 heteroatoms. The Morgan fingerprint density at radius 3 is 2.28 bits per heavy atom. The molecule has 0 aliphatic carbocycles. The molecule has 2 N–H and O–H groups in total. The fourth-order valence-corrected chi connectivity index (χ4v) is 3.09. The number of benzene rings is 2. The summed E-state index contributed by atoms with van der Waals surface area (Å²) in [4.78, 5) is 16.6. The van der Waals surface area contributed by atoms with E-state index in [4.69, 9.17) is 0 Å². The standard InChI is InChI=1S/C22H17F8N5O/c1-3-35-18(11(2)17(34-35)22(28,29)30)32-20(31-14-6-4-5-13(10-14)21(25,26)27)33-19(36)12-7-8-15(23)16(24)9-12/h4-10H,3H2,1-2H3,(H2,31,32,33,36). The minimum Gasteiger partial charge on any atom is -0.326 e. The second kappa shape index (κ2) is 9.95. The Hall–Kier alpha value is -3.97. The molecule has 2 aromatic carbocycles. The predicted octanol–water partition coefficient (Wildman–Crippen LogP) is 6.06. The normalized spacial score (nSPS) is 12.6. The van der Waals surface area contributed by atoms with Crippen molar-refractivity contribution in [1.82, 2.24) is 15.1 Å². The number of carbonyl (C=O) groups is 1. The average Bonchev–Trinajstić information content (AvgIpc) is 3.10. The van der Waals surface area contributed by atoms with Crippen LogP contribution in [0.1, 0.15) is 34.1 Å². The molecule has 36 heavy (non-hydrogen) atoms. The molecule has 0 atom stereocenters. The monoisotopic (exact) mass is 519 g/mol. The van der Waals surface area contributed by atoms with Crippen LogP contribution >= 0.6 is 0 Å². The number of amides is 1. The van der Waals surface area contributed by atoms with Gasteiger partial charge in [-0.15, -0.1) is 0 Å². The highest BCUT2D eigenvalue weighted by atomic mass is 19.4. The molecule has 0 spiro atoms. The topological polar surface area (TPSA) is 71.3 Å². The lowest BCUT2D eigenvalue weighted by Gasteiger charge is -2.14. The number of hydrogen-bond donors (Lipinski definition) is 2. The summed E-state index contributed by atoms with van der Waals surface area (Å²) >= 11 is 0. The lowest BCUT2D eigenvalue weighted by atomic mass is 10.2. The van der Waals surface area contributed by atoms with Gasteiger partial charge in [0.25, 0.3) is 5.91 Å². The van der Waals surface area contributed by atoms with E-state index in [0.29, 0.717) is 18.2 Å². The molecule has 0 aliphatic rings. The maximum atomic E-state index is 13.6. The van der Waals surface area contributed by atoms with Crippen molar-refractivity contribution in [2.24, 2.45) is 4.99 Å². The lowest BCUT2D eigenvalue weighted by Crippen LogP contribution is -2.36. The highest BCUT2D eigenvalue weighted by Crippen LogP contribution is 2.35. The first-order chi connectivity index (χ1) is 16.7. The van der Waals surface area contributed by atoms with E-state index in [0.717, 1.165) is 29.8 Å². The molecule has 0 fully saturated rings. The van der Waals surface area contributed by atoms with Gasteiger partial charge >= 0.3 is 12.4 Å². The smallest absolute Gasteiger partial charge is 0.326 e. The van der Waals surface area contributed by atoms with Crippen LogP contribution in [0.25, 0.3) is 0 Å². The van der Waals surface area contributed by atoms with Crippen molar-refractivity contribution >= 4 is 23.4 Å². The molecule has 0 aliphatic heterocycles. The number of rotatable bonds is 4. The number of guanidine groups is 1. The maximum Gasteiger partial charge on any atom is 0.435 e. The van der Waals surface area contributed by atoms with Gasteiger partial charge < -0.3 is 5.32 Å². The Labute approximate surface area is 198 Å². The van der Waals surface area contributed by atoms with Gasteiger partial charge in [0, 0.05) is 23.4 Å². The van der Waals surface area contributed by atoms with E-state index in [1.807, 2.05) is 0 Å². The third-order valence-corrected chi connectivity index (χ3v) is 4.81. The Bertz CT molecular complexity index is 1310. The molecular weight excluding hydrogens is 502 g/mol. The van der Waals surface area contributed by atoms with E-state index in [1.54, 1.807) is 0 Å². The molecule has 0 saturated carbocycles. The van der Waals surface area contributed by atoms with Gasteiger partial charge in [-0.05, 0) is 50.2 Å². The number of aromatic nitrogens is 2.